The first kappa shape index (κ1) is 22.9. The summed E-state index contributed by atoms with van der Waals surface area (Å²) in [6.45, 7) is 1.36. The summed E-state index contributed by atoms with van der Waals surface area (Å²) in [5, 5.41) is 4.67. The molecule has 170 valence electrons. The van der Waals surface area contributed by atoms with Crippen LogP contribution in [0, 0.1) is 5.82 Å². The highest BCUT2D eigenvalue weighted by Gasteiger charge is 2.30. The number of hydrogen-bond donors (Lipinski definition) is 3. The van der Waals surface area contributed by atoms with E-state index in [1.165, 1.54) is 25.3 Å². The van der Waals surface area contributed by atoms with Gasteiger partial charge in [-0.25, -0.2) is 9.18 Å². The topological polar surface area (TPSA) is 150 Å². The Balaban J connectivity index is 1.93. The van der Waals surface area contributed by atoms with E-state index < -0.39 is 53.4 Å². The van der Waals surface area contributed by atoms with Gasteiger partial charge in [-0.15, -0.1) is 0 Å². The second-order valence-corrected chi connectivity index (χ2v) is 7.62. The highest BCUT2D eigenvalue weighted by atomic mass is 19.1. The molecule has 1 heterocycles. The number of amides is 3. The van der Waals surface area contributed by atoms with Gasteiger partial charge in [-0.1, -0.05) is 0 Å². The molecule has 10 nitrogen and oxygen atoms in total. The fraction of sp³-hybridized carbons (Fsp3) is 0.381. The quantitative estimate of drug-likeness (QED) is 0.491. The molecule has 2 aromatic rings. The highest BCUT2D eigenvalue weighted by Crippen LogP contribution is 2.36. The molecule has 1 aromatic heterocycles. The number of esters is 1. The van der Waals surface area contributed by atoms with Crippen molar-refractivity contribution in [2.24, 2.45) is 5.73 Å². The van der Waals surface area contributed by atoms with Crippen molar-refractivity contribution in [3.05, 3.63) is 46.0 Å². The SMILES string of the molecule is COC(=O)C(C)NC(=O)C(CC(N)=O)NC(=O)c1cn(C2CC2)c2ccc(F)cc2c1=O. The van der Waals surface area contributed by atoms with Crippen LogP contribution in [0.25, 0.3) is 10.9 Å². The van der Waals surface area contributed by atoms with Gasteiger partial charge in [-0.05, 0) is 38.0 Å². The lowest BCUT2D eigenvalue weighted by Gasteiger charge is -2.20. The van der Waals surface area contributed by atoms with Gasteiger partial charge in [0.25, 0.3) is 5.91 Å². The largest absolute Gasteiger partial charge is 0.467 e. The predicted molar refractivity (Wildman–Crippen MR) is 111 cm³/mol. The van der Waals surface area contributed by atoms with E-state index in [0.717, 1.165) is 26.0 Å². The van der Waals surface area contributed by atoms with Crippen molar-refractivity contribution in [1.29, 1.82) is 0 Å². The van der Waals surface area contributed by atoms with Gasteiger partial charge in [0.15, 0.2) is 0 Å². The number of pyridine rings is 1. The summed E-state index contributed by atoms with van der Waals surface area (Å²) in [6.07, 6.45) is 2.49. The Labute approximate surface area is 181 Å². The summed E-state index contributed by atoms with van der Waals surface area (Å²) in [4.78, 5) is 61.3. The minimum Gasteiger partial charge on any atom is -0.467 e. The monoisotopic (exact) mass is 446 g/mol. The summed E-state index contributed by atoms with van der Waals surface area (Å²) in [6, 6.07) is 1.35. The van der Waals surface area contributed by atoms with Crippen molar-refractivity contribution in [2.45, 2.75) is 44.3 Å². The Morgan fingerprint density at radius 1 is 1.25 bits per heavy atom. The summed E-state index contributed by atoms with van der Waals surface area (Å²) in [5.41, 5.74) is 4.66. The van der Waals surface area contributed by atoms with Crippen LogP contribution < -0.4 is 21.8 Å². The smallest absolute Gasteiger partial charge is 0.328 e. The number of aromatic nitrogens is 1. The summed E-state index contributed by atoms with van der Waals surface area (Å²) < 4.78 is 20.0. The van der Waals surface area contributed by atoms with E-state index in [2.05, 4.69) is 15.4 Å². The number of methoxy groups -OCH3 is 1. The predicted octanol–water partition coefficient (Wildman–Crippen LogP) is 0.127. The maximum Gasteiger partial charge on any atom is 0.328 e. The van der Waals surface area contributed by atoms with Crippen molar-refractivity contribution in [3.63, 3.8) is 0 Å². The molecule has 0 saturated heterocycles. The number of hydrogen-bond acceptors (Lipinski definition) is 6. The first-order chi connectivity index (χ1) is 15.1. The van der Waals surface area contributed by atoms with Crippen LogP contribution in [0.2, 0.25) is 0 Å². The minimum atomic E-state index is -1.44. The van der Waals surface area contributed by atoms with Crippen LogP contribution in [0.3, 0.4) is 0 Å². The molecule has 1 saturated carbocycles. The number of primary amides is 1. The molecule has 32 heavy (non-hydrogen) atoms. The van der Waals surface area contributed by atoms with Crippen LogP contribution in [0.15, 0.2) is 29.2 Å². The molecule has 1 aromatic carbocycles. The highest BCUT2D eigenvalue weighted by molar-refractivity contribution is 6.01. The van der Waals surface area contributed by atoms with Crippen molar-refractivity contribution in [2.75, 3.05) is 7.11 Å². The van der Waals surface area contributed by atoms with Gasteiger partial charge in [-0.3, -0.25) is 19.2 Å². The zero-order valence-corrected chi connectivity index (χ0v) is 17.5. The molecule has 3 rings (SSSR count). The average molecular weight is 446 g/mol. The Hall–Kier alpha value is -3.76. The number of carbonyl (C=O) groups is 4. The average Bonchev–Trinajstić information content (AvgIpc) is 3.57. The van der Waals surface area contributed by atoms with Gasteiger partial charge >= 0.3 is 5.97 Å². The minimum absolute atomic E-state index is 0.0276. The number of nitrogens with zero attached hydrogens (tertiary/aromatic N) is 1. The van der Waals surface area contributed by atoms with Crippen molar-refractivity contribution in [3.8, 4) is 0 Å². The molecule has 11 heteroatoms. The van der Waals surface area contributed by atoms with Crippen molar-refractivity contribution < 1.29 is 28.3 Å². The number of fused-ring (bicyclic) bond motifs is 1. The molecule has 2 atom stereocenters. The standard InChI is InChI=1S/C21H23FN4O6/c1-10(21(31)32-2)24-20(30)15(8-17(23)27)25-19(29)14-9-26(12-4-5-12)16-6-3-11(22)7-13(16)18(14)28/h3,6-7,9-10,12,15H,4-5,8H2,1-2H3,(H2,23,27)(H,24,30)(H,25,29). The van der Waals surface area contributed by atoms with Crippen LogP contribution in [0.4, 0.5) is 4.39 Å². The van der Waals surface area contributed by atoms with E-state index in [4.69, 9.17) is 5.73 Å². The molecule has 3 amide bonds. The molecule has 1 aliphatic carbocycles. The van der Waals surface area contributed by atoms with Crippen molar-refractivity contribution in [1.82, 2.24) is 15.2 Å². The normalized spacial score (nSPS) is 15.0. The molecule has 0 aliphatic heterocycles. The Bertz CT molecular complexity index is 1160. The Morgan fingerprint density at radius 2 is 1.94 bits per heavy atom. The molecule has 0 bridgehead atoms. The van der Waals surface area contributed by atoms with Crippen molar-refractivity contribution >= 4 is 34.6 Å². The maximum atomic E-state index is 13.8. The third kappa shape index (κ3) is 4.93. The third-order valence-corrected chi connectivity index (χ3v) is 5.12. The van der Waals surface area contributed by atoms with E-state index in [1.54, 1.807) is 4.57 Å². The van der Waals surface area contributed by atoms with Crippen LogP contribution in [-0.2, 0) is 19.1 Å². The van der Waals surface area contributed by atoms with E-state index in [1.807, 2.05) is 0 Å². The Morgan fingerprint density at radius 3 is 2.53 bits per heavy atom. The number of halogens is 1. The molecule has 4 N–H and O–H groups in total. The van der Waals surface area contributed by atoms with Gasteiger partial charge < -0.3 is 25.7 Å². The molecule has 1 fully saturated rings. The summed E-state index contributed by atoms with van der Waals surface area (Å²) >= 11 is 0. The zero-order valence-electron chi connectivity index (χ0n) is 17.5. The number of rotatable bonds is 8. The maximum absolute atomic E-state index is 13.8. The van der Waals surface area contributed by atoms with E-state index in [-0.39, 0.29) is 17.0 Å². The van der Waals surface area contributed by atoms with Gasteiger partial charge in [0.1, 0.15) is 23.5 Å². The van der Waals surface area contributed by atoms with Crippen LogP contribution in [0.1, 0.15) is 42.6 Å². The lowest BCUT2D eigenvalue weighted by Crippen LogP contribution is -2.52. The van der Waals surface area contributed by atoms with Gasteiger partial charge in [0.05, 0.1) is 19.0 Å². The van der Waals surface area contributed by atoms with E-state index in [0.29, 0.717) is 5.52 Å². The van der Waals surface area contributed by atoms with Crippen LogP contribution >= 0.6 is 0 Å². The van der Waals surface area contributed by atoms with Crippen LogP contribution in [-0.4, -0.2) is 47.5 Å². The third-order valence-electron chi connectivity index (χ3n) is 5.12. The Kier molecular flexibility index (Phi) is 6.56. The molecular weight excluding hydrogens is 423 g/mol. The first-order valence-corrected chi connectivity index (χ1v) is 9.94. The number of ether oxygens (including phenoxy) is 1. The van der Waals surface area contributed by atoms with Gasteiger partial charge in [-0.2, -0.15) is 0 Å². The molecule has 2 unspecified atom stereocenters. The van der Waals surface area contributed by atoms with Gasteiger partial charge in [0, 0.05) is 17.6 Å². The van der Waals surface area contributed by atoms with Gasteiger partial charge in [0.2, 0.25) is 17.2 Å². The van der Waals surface area contributed by atoms with E-state index in [9.17, 15) is 28.4 Å². The second-order valence-electron chi connectivity index (χ2n) is 7.62. The lowest BCUT2D eigenvalue weighted by molar-refractivity contribution is -0.144. The molecule has 1 aliphatic rings. The lowest BCUT2D eigenvalue weighted by atomic mass is 10.1. The first-order valence-electron chi connectivity index (χ1n) is 9.94. The second kappa shape index (κ2) is 9.16. The molecular formula is C21H23FN4O6. The fourth-order valence-electron chi connectivity index (χ4n) is 3.34. The van der Waals surface area contributed by atoms with E-state index >= 15 is 0 Å². The zero-order chi connectivity index (χ0) is 23.6. The molecule has 0 radical (unpaired) electrons. The van der Waals surface area contributed by atoms with Crippen LogP contribution in [0.5, 0.6) is 0 Å². The number of carbonyl (C=O) groups excluding carboxylic acids is 4. The number of benzene rings is 1. The number of nitrogens with two attached hydrogens (primary N) is 1. The summed E-state index contributed by atoms with van der Waals surface area (Å²) in [7, 11) is 1.14. The fourth-order valence-corrected chi connectivity index (χ4v) is 3.34. The summed E-state index contributed by atoms with van der Waals surface area (Å²) in [5.74, 6) is -4.03. The number of nitrogens with one attached hydrogen (secondary N) is 2. The molecule has 0 spiro atoms.